The van der Waals surface area contributed by atoms with Gasteiger partial charge in [0.25, 0.3) is 0 Å². The van der Waals surface area contributed by atoms with Crippen LogP contribution in [0.1, 0.15) is 6.92 Å². The molecule has 0 saturated heterocycles. The fourth-order valence-electron chi connectivity index (χ4n) is 0.272. The van der Waals surface area contributed by atoms with Crippen LogP contribution in [0, 0.1) is 0 Å². The van der Waals surface area contributed by atoms with Crippen LogP contribution in [0.15, 0.2) is 12.3 Å². The number of hydrogen-bond donors (Lipinski definition) is 0. The summed E-state index contributed by atoms with van der Waals surface area (Å²) in [7, 11) is -1.26. The minimum absolute atomic E-state index is 1.26. The molecule has 8 heavy (non-hydrogen) atoms. The van der Waals surface area contributed by atoms with Gasteiger partial charge in [0.1, 0.15) is 0 Å². The van der Waals surface area contributed by atoms with Crippen molar-refractivity contribution in [2.75, 3.05) is 0 Å². The molecular formula is C6H14OSi. The molecule has 0 bridgehead atoms. The van der Waals surface area contributed by atoms with Gasteiger partial charge in [0.15, 0.2) is 0 Å². The Kier molecular flexibility index (Phi) is 2.83. The first-order valence-electron chi connectivity index (χ1n) is 2.85. The SMILES string of the molecule is CC=CO[Si](C)(C)C. The molecule has 1 nitrogen and oxygen atoms in total. The van der Waals surface area contributed by atoms with Gasteiger partial charge >= 0.3 is 0 Å². The van der Waals surface area contributed by atoms with E-state index in [0.717, 1.165) is 0 Å². The summed E-state index contributed by atoms with van der Waals surface area (Å²) in [6, 6.07) is 0. The Balaban J connectivity index is 3.39. The lowest BCUT2D eigenvalue weighted by Gasteiger charge is -2.13. The molecule has 0 aromatic carbocycles. The second-order valence-electron chi connectivity index (χ2n) is 2.70. The monoisotopic (exact) mass is 130 g/mol. The Morgan fingerprint density at radius 3 is 1.88 bits per heavy atom. The Labute approximate surface area is 52.5 Å². The van der Waals surface area contributed by atoms with E-state index >= 15 is 0 Å². The summed E-state index contributed by atoms with van der Waals surface area (Å²) < 4.78 is 5.34. The van der Waals surface area contributed by atoms with Gasteiger partial charge in [-0.05, 0) is 26.6 Å². The molecule has 0 saturated carbocycles. The lowest BCUT2D eigenvalue weighted by atomic mass is 10.8. The van der Waals surface area contributed by atoms with Gasteiger partial charge in [0.2, 0.25) is 8.32 Å². The normalized spacial score (nSPS) is 12.5. The van der Waals surface area contributed by atoms with Crippen LogP contribution in [-0.4, -0.2) is 8.32 Å². The maximum Gasteiger partial charge on any atom is 0.241 e. The van der Waals surface area contributed by atoms with Crippen molar-refractivity contribution in [2.24, 2.45) is 0 Å². The molecule has 0 spiro atoms. The van der Waals surface area contributed by atoms with Crippen molar-refractivity contribution in [3.05, 3.63) is 12.3 Å². The van der Waals surface area contributed by atoms with E-state index in [1.807, 2.05) is 13.0 Å². The molecule has 0 N–H and O–H groups in total. The van der Waals surface area contributed by atoms with Crippen molar-refractivity contribution in [3.8, 4) is 0 Å². The third-order valence-corrected chi connectivity index (χ3v) is 1.40. The van der Waals surface area contributed by atoms with E-state index in [1.54, 1.807) is 6.26 Å². The predicted octanol–water partition coefficient (Wildman–Crippen LogP) is 2.37. The highest BCUT2D eigenvalue weighted by Crippen LogP contribution is 2.01. The van der Waals surface area contributed by atoms with E-state index < -0.39 is 8.32 Å². The summed E-state index contributed by atoms with van der Waals surface area (Å²) >= 11 is 0. The number of hydrogen-bond acceptors (Lipinski definition) is 1. The zero-order valence-electron chi connectivity index (χ0n) is 6.06. The minimum Gasteiger partial charge on any atom is -0.550 e. The molecule has 0 unspecified atom stereocenters. The van der Waals surface area contributed by atoms with E-state index in [4.69, 9.17) is 4.43 Å². The van der Waals surface area contributed by atoms with Gasteiger partial charge in [-0.1, -0.05) is 6.08 Å². The molecule has 0 radical (unpaired) electrons. The van der Waals surface area contributed by atoms with Crippen molar-refractivity contribution < 1.29 is 4.43 Å². The summed E-state index contributed by atoms with van der Waals surface area (Å²) in [5.74, 6) is 0. The zero-order chi connectivity index (χ0) is 6.62. The predicted molar refractivity (Wildman–Crippen MR) is 39.2 cm³/mol. The molecule has 0 aliphatic heterocycles. The first kappa shape index (κ1) is 7.76. The van der Waals surface area contributed by atoms with Crippen molar-refractivity contribution in [1.29, 1.82) is 0 Å². The van der Waals surface area contributed by atoms with Gasteiger partial charge in [0, 0.05) is 0 Å². The highest BCUT2D eigenvalue weighted by Gasteiger charge is 2.12. The molecule has 48 valence electrons. The first-order valence-corrected chi connectivity index (χ1v) is 6.26. The molecule has 0 aromatic rings. The second-order valence-corrected chi connectivity index (χ2v) is 7.16. The van der Waals surface area contributed by atoms with Crippen molar-refractivity contribution in [2.45, 2.75) is 26.6 Å². The zero-order valence-corrected chi connectivity index (χ0v) is 7.06. The van der Waals surface area contributed by atoms with Crippen LogP contribution >= 0.6 is 0 Å². The smallest absolute Gasteiger partial charge is 0.241 e. The summed E-state index contributed by atoms with van der Waals surface area (Å²) in [5.41, 5.74) is 0. The molecule has 0 heterocycles. The minimum atomic E-state index is -1.26. The Bertz CT molecular complexity index is 81.0. The number of allylic oxidation sites excluding steroid dienone is 1. The average molecular weight is 130 g/mol. The van der Waals surface area contributed by atoms with Gasteiger partial charge in [-0.15, -0.1) is 0 Å². The third-order valence-electron chi connectivity index (χ3n) is 0.558. The molecule has 0 rings (SSSR count). The summed E-state index contributed by atoms with van der Waals surface area (Å²) in [5, 5.41) is 0. The molecule has 0 fully saturated rings. The van der Waals surface area contributed by atoms with E-state index in [2.05, 4.69) is 19.6 Å². The Morgan fingerprint density at radius 2 is 1.75 bits per heavy atom. The molecule has 0 aliphatic carbocycles. The Hall–Kier alpha value is -0.243. The van der Waals surface area contributed by atoms with Gasteiger partial charge in [-0.25, -0.2) is 0 Å². The highest BCUT2D eigenvalue weighted by atomic mass is 28.4. The second kappa shape index (κ2) is 2.92. The fourth-order valence-corrected chi connectivity index (χ4v) is 0.816. The Morgan fingerprint density at radius 1 is 1.25 bits per heavy atom. The van der Waals surface area contributed by atoms with Crippen LogP contribution in [0.2, 0.25) is 19.6 Å². The van der Waals surface area contributed by atoms with Gasteiger partial charge < -0.3 is 4.43 Å². The fraction of sp³-hybridized carbons (Fsp3) is 0.667. The maximum absolute atomic E-state index is 5.34. The van der Waals surface area contributed by atoms with Crippen molar-refractivity contribution in [1.82, 2.24) is 0 Å². The first-order chi connectivity index (χ1) is 3.56. The molecule has 0 atom stereocenters. The van der Waals surface area contributed by atoms with Gasteiger partial charge in [-0.3, -0.25) is 0 Å². The lowest BCUT2D eigenvalue weighted by Crippen LogP contribution is -2.21. The summed E-state index contributed by atoms with van der Waals surface area (Å²) in [6.07, 6.45) is 3.68. The van der Waals surface area contributed by atoms with Crippen LogP contribution in [0.4, 0.5) is 0 Å². The molecule has 2 heteroatoms. The standard InChI is InChI=1S/C6H14OSi/c1-5-6-7-8(2,3)4/h5-6H,1-4H3. The molecular weight excluding hydrogens is 116 g/mol. The van der Waals surface area contributed by atoms with Gasteiger partial charge in [-0.2, -0.15) is 0 Å². The molecule has 0 aromatic heterocycles. The highest BCUT2D eigenvalue weighted by molar-refractivity contribution is 6.69. The molecule has 0 aliphatic rings. The van der Waals surface area contributed by atoms with E-state index in [0.29, 0.717) is 0 Å². The van der Waals surface area contributed by atoms with Crippen LogP contribution in [0.5, 0.6) is 0 Å². The van der Waals surface area contributed by atoms with E-state index in [9.17, 15) is 0 Å². The third kappa shape index (κ3) is 5.76. The topological polar surface area (TPSA) is 9.23 Å². The average Bonchev–Trinajstić information content (AvgIpc) is 1.59. The van der Waals surface area contributed by atoms with Gasteiger partial charge in [0.05, 0.1) is 6.26 Å². The van der Waals surface area contributed by atoms with Crippen molar-refractivity contribution in [3.63, 3.8) is 0 Å². The van der Waals surface area contributed by atoms with E-state index in [1.165, 1.54) is 0 Å². The lowest BCUT2D eigenvalue weighted by molar-refractivity contribution is 0.478. The van der Waals surface area contributed by atoms with E-state index in [-0.39, 0.29) is 0 Å². The van der Waals surface area contributed by atoms with Crippen LogP contribution in [0.25, 0.3) is 0 Å². The number of rotatable bonds is 2. The van der Waals surface area contributed by atoms with Crippen LogP contribution in [0.3, 0.4) is 0 Å². The molecule has 0 amide bonds. The quantitative estimate of drug-likeness (QED) is 0.412. The van der Waals surface area contributed by atoms with Crippen LogP contribution in [-0.2, 0) is 4.43 Å². The summed E-state index contributed by atoms with van der Waals surface area (Å²) in [4.78, 5) is 0. The van der Waals surface area contributed by atoms with Crippen LogP contribution < -0.4 is 0 Å². The largest absolute Gasteiger partial charge is 0.550 e. The summed E-state index contributed by atoms with van der Waals surface area (Å²) in [6.45, 7) is 8.44. The van der Waals surface area contributed by atoms with Crippen molar-refractivity contribution >= 4 is 8.32 Å². The maximum atomic E-state index is 5.34.